The predicted molar refractivity (Wildman–Crippen MR) is 87.5 cm³/mol. The molecule has 0 aliphatic rings. The van der Waals surface area contributed by atoms with Gasteiger partial charge in [0.25, 0.3) is 5.91 Å². The number of hydrogen-bond donors (Lipinski definition) is 1. The van der Waals surface area contributed by atoms with E-state index in [1.807, 2.05) is 13.8 Å². The second-order valence-corrected chi connectivity index (χ2v) is 5.84. The van der Waals surface area contributed by atoms with Gasteiger partial charge >= 0.3 is 0 Å². The van der Waals surface area contributed by atoms with Crippen molar-refractivity contribution in [3.63, 3.8) is 0 Å². The summed E-state index contributed by atoms with van der Waals surface area (Å²) in [5.41, 5.74) is 0. The van der Waals surface area contributed by atoms with E-state index in [1.165, 1.54) is 4.90 Å². The van der Waals surface area contributed by atoms with Gasteiger partial charge in [0.2, 0.25) is 5.91 Å². The molecule has 0 bridgehead atoms. The molecule has 1 aromatic carbocycles. The summed E-state index contributed by atoms with van der Waals surface area (Å²) in [6.07, 6.45) is 0. The van der Waals surface area contributed by atoms with Gasteiger partial charge in [-0.15, -0.1) is 0 Å². The quantitative estimate of drug-likeness (QED) is 0.825. The lowest BCUT2D eigenvalue weighted by molar-refractivity contribution is -0.137. The fourth-order valence-corrected chi connectivity index (χ4v) is 2.07. The van der Waals surface area contributed by atoms with Gasteiger partial charge in [-0.05, 0) is 32.9 Å². The SMILES string of the molecule is CCN(CC(=O)NC(C)C)C(=O)COc1cc(Cl)ccc1Cl. The summed E-state index contributed by atoms with van der Waals surface area (Å²) in [5.74, 6) is -0.159. The lowest BCUT2D eigenvalue weighted by atomic mass is 10.3. The number of nitrogens with zero attached hydrogens (tertiary/aromatic N) is 1. The first-order chi connectivity index (χ1) is 10.3. The molecule has 0 aromatic heterocycles. The number of ether oxygens (including phenoxy) is 1. The molecule has 5 nitrogen and oxygen atoms in total. The number of rotatable bonds is 7. The molecule has 0 radical (unpaired) electrons. The molecule has 0 aliphatic heterocycles. The number of hydrogen-bond acceptors (Lipinski definition) is 3. The number of benzene rings is 1. The molecule has 0 heterocycles. The van der Waals surface area contributed by atoms with Gasteiger partial charge in [0.1, 0.15) is 5.75 Å². The molecule has 1 rings (SSSR count). The van der Waals surface area contributed by atoms with Crippen molar-refractivity contribution in [2.75, 3.05) is 19.7 Å². The minimum absolute atomic E-state index is 0.000150. The van der Waals surface area contributed by atoms with Crippen LogP contribution in [0.15, 0.2) is 18.2 Å². The smallest absolute Gasteiger partial charge is 0.260 e. The van der Waals surface area contributed by atoms with Crippen LogP contribution >= 0.6 is 23.2 Å². The summed E-state index contributed by atoms with van der Waals surface area (Å²) < 4.78 is 5.39. The van der Waals surface area contributed by atoms with E-state index in [9.17, 15) is 9.59 Å². The van der Waals surface area contributed by atoms with Gasteiger partial charge in [-0.3, -0.25) is 9.59 Å². The van der Waals surface area contributed by atoms with Crippen molar-refractivity contribution in [1.29, 1.82) is 0 Å². The zero-order valence-electron chi connectivity index (χ0n) is 12.9. The maximum absolute atomic E-state index is 12.1. The molecule has 0 atom stereocenters. The van der Waals surface area contributed by atoms with Gasteiger partial charge in [0.15, 0.2) is 6.61 Å². The number of amides is 2. The zero-order chi connectivity index (χ0) is 16.7. The van der Waals surface area contributed by atoms with Crippen LogP contribution in [0.1, 0.15) is 20.8 Å². The Morgan fingerprint density at radius 3 is 2.59 bits per heavy atom. The van der Waals surface area contributed by atoms with Crippen molar-refractivity contribution in [1.82, 2.24) is 10.2 Å². The van der Waals surface area contributed by atoms with Crippen molar-refractivity contribution in [3.8, 4) is 5.75 Å². The third kappa shape index (κ3) is 6.12. The van der Waals surface area contributed by atoms with E-state index in [1.54, 1.807) is 25.1 Å². The van der Waals surface area contributed by atoms with Gasteiger partial charge in [-0.25, -0.2) is 0 Å². The van der Waals surface area contributed by atoms with Crippen molar-refractivity contribution in [2.24, 2.45) is 0 Å². The molecule has 0 saturated carbocycles. The van der Waals surface area contributed by atoms with Gasteiger partial charge in [-0.1, -0.05) is 23.2 Å². The Hall–Kier alpha value is -1.46. The van der Waals surface area contributed by atoms with Crippen LogP contribution in [-0.4, -0.2) is 42.5 Å². The molecule has 0 spiro atoms. The Morgan fingerprint density at radius 1 is 1.32 bits per heavy atom. The first kappa shape index (κ1) is 18.6. The highest BCUT2D eigenvalue weighted by molar-refractivity contribution is 6.34. The van der Waals surface area contributed by atoms with Gasteiger partial charge in [0, 0.05) is 23.7 Å². The molecule has 0 fully saturated rings. The van der Waals surface area contributed by atoms with E-state index < -0.39 is 0 Å². The maximum Gasteiger partial charge on any atom is 0.260 e. The average molecular weight is 347 g/mol. The van der Waals surface area contributed by atoms with Gasteiger partial charge in [0.05, 0.1) is 11.6 Å². The van der Waals surface area contributed by atoms with Crippen molar-refractivity contribution in [3.05, 3.63) is 28.2 Å². The topological polar surface area (TPSA) is 58.6 Å². The van der Waals surface area contributed by atoms with Gasteiger partial charge in [-0.2, -0.15) is 0 Å². The molecule has 0 unspecified atom stereocenters. The fraction of sp³-hybridized carbons (Fsp3) is 0.467. The molecule has 1 aromatic rings. The monoisotopic (exact) mass is 346 g/mol. The maximum atomic E-state index is 12.1. The molecule has 0 saturated heterocycles. The lowest BCUT2D eigenvalue weighted by Gasteiger charge is -2.21. The molecule has 2 amide bonds. The Balaban J connectivity index is 2.58. The van der Waals surface area contributed by atoms with Crippen molar-refractivity contribution in [2.45, 2.75) is 26.8 Å². The third-order valence-electron chi connectivity index (χ3n) is 2.76. The molecule has 22 heavy (non-hydrogen) atoms. The number of halogens is 2. The molecular weight excluding hydrogens is 327 g/mol. The summed E-state index contributed by atoms with van der Waals surface area (Å²) in [5, 5.41) is 3.58. The highest BCUT2D eigenvalue weighted by Crippen LogP contribution is 2.27. The summed E-state index contributed by atoms with van der Waals surface area (Å²) >= 11 is 11.8. The zero-order valence-corrected chi connectivity index (χ0v) is 14.4. The Bertz CT molecular complexity index is 536. The van der Waals surface area contributed by atoms with E-state index in [4.69, 9.17) is 27.9 Å². The van der Waals surface area contributed by atoms with Gasteiger partial charge < -0.3 is 15.0 Å². The highest BCUT2D eigenvalue weighted by Gasteiger charge is 2.17. The van der Waals surface area contributed by atoms with Crippen molar-refractivity contribution < 1.29 is 14.3 Å². The summed E-state index contributed by atoms with van der Waals surface area (Å²) in [6.45, 7) is 5.73. The summed E-state index contributed by atoms with van der Waals surface area (Å²) in [6, 6.07) is 4.80. The lowest BCUT2D eigenvalue weighted by Crippen LogP contribution is -2.44. The van der Waals surface area contributed by atoms with E-state index in [0.717, 1.165) is 0 Å². The van der Waals surface area contributed by atoms with E-state index >= 15 is 0 Å². The van der Waals surface area contributed by atoms with E-state index in [-0.39, 0.29) is 31.0 Å². The minimum atomic E-state index is -0.294. The molecule has 0 aliphatic carbocycles. The Morgan fingerprint density at radius 2 is 2.00 bits per heavy atom. The molecule has 1 N–H and O–H groups in total. The van der Waals surface area contributed by atoms with Crippen LogP contribution in [0, 0.1) is 0 Å². The first-order valence-electron chi connectivity index (χ1n) is 6.98. The highest BCUT2D eigenvalue weighted by atomic mass is 35.5. The Labute approximate surface area is 140 Å². The normalized spacial score (nSPS) is 10.5. The molecular formula is C15H20Cl2N2O3. The standard InChI is InChI=1S/C15H20Cl2N2O3/c1-4-19(8-14(20)18-10(2)3)15(21)9-22-13-7-11(16)5-6-12(13)17/h5-7,10H,4,8-9H2,1-3H3,(H,18,20). The predicted octanol–water partition coefficient (Wildman–Crippen LogP) is 2.75. The van der Waals surface area contributed by atoms with Crippen LogP contribution in [0.2, 0.25) is 10.0 Å². The fourth-order valence-electron chi connectivity index (χ4n) is 1.74. The minimum Gasteiger partial charge on any atom is -0.482 e. The number of likely N-dealkylation sites (N-methyl/N-ethyl adjacent to an activating group) is 1. The molecule has 122 valence electrons. The van der Waals surface area contributed by atoms with E-state index in [2.05, 4.69) is 5.32 Å². The van der Waals surface area contributed by atoms with Crippen LogP contribution < -0.4 is 10.1 Å². The first-order valence-corrected chi connectivity index (χ1v) is 7.74. The van der Waals surface area contributed by atoms with E-state index in [0.29, 0.717) is 22.3 Å². The average Bonchev–Trinajstić information content (AvgIpc) is 2.44. The molecule has 7 heteroatoms. The van der Waals surface area contributed by atoms with Crippen LogP contribution in [-0.2, 0) is 9.59 Å². The second kappa shape index (κ2) is 8.86. The summed E-state index contributed by atoms with van der Waals surface area (Å²) in [4.78, 5) is 25.2. The van der Waals surface area contributed by atoms with Crippen LogP contribution in [0.5, 0.6) is 5.75 Å². The van der Waals surface area contributed by atoms with Crippen LogP contribution in [0.25, 0.3) is 0 Å². The second-order valence-electron chi connectivity index (χ2n) is 4.99. The number of nitrogens with one attached hydrogen (secondary N) is 1. The van der Waals surface area contributed by atoms with Crippen molar-refractivity contribution >= 4 is 35.0 Å². The summed E-state index contributed by atoms with van der Waals surface area (Å²) in [7, 11) is 0. The Kier molecular flexibility index (Phi) is 7.48. The van der Waals surface area contributed by atoms with Crippen LogP contribution in [0.4, 0.5) is 0 Å². The third-order valence-corrected chi connectivity index (χ3v) is 3.31. The number of carbonyl (C=O) groups excluding carboxylic acids is 2. The number of carbonyl (C=O) groups is 2. The van der Waals surface area contributed by atoms with Crippen LogP contribution in [0.3, 0.4) is 0 Å². The largest absolute Gasteiger partial charge is 0.482 e.